The van der Waals surface area contributed by atoms with Gasteiger partial charge in [0.2, 0.25) is 5.91 Å². The standard InChI is InChI=1S/C14H19N3OS/c1-10(8-15-2)14(18)17(3)9-13-16-11-6-4-5-7-12(11)19-13/h4-7,10,15H,8-9H2,1-3H3. The zero-order chi connectivity index (χ0) is 13.8. The summed E-state index contributed by atoms with van der Waals surface area (Å²) in [4.78, 5) is 18.4. The summed E-state index contributed by atoms with van der Waals surface area (Å²) in [5.74, 6) is 0.137. The number of carbonyl (C=O) groups excluding carboxylic acids is 1. The summed E-state index contributed by atoms with van der Waals surface area (Å²) < 4.78 is 1.17. The predicted molar refractivity (Wildman–Crippen MR) is 79.2 cm³/mol. The number of rotatable bonds is 5. The van der Waals surface area contributed by atoms with E-state index in [4.69, 9.17) is 0 Å². The molecule has 2 aromatic rings. The van der Waals surface area contributed by atoms with E-state index < -0.39 is 0 Å². The Balaban J connectivity index is 2.05. The van der Waals surface area contributed by atoms with Crippen molar-refractivity contribution in [3.63, 3.8) is 0 Å². The van der Waals surface area contributed by atoms with Crippen LogP contribution in [0, 0.1) is 5.92 Å². The van der Waals surface area contributed by atoms with Crippen molar-refractivity contribution >= 4 is 27.5 Å². The number of carbonyl (C=O) groups is 1. The minimum absolute atomic E-state index is 0.00983. The maximum Gasteiger partial charge on any atom is 0.226 e. The fourth-order valence-electron chi connectivity index (χ4n) is 2.04. The first-order valence-electron chi connectivity index (χ1n) is 6.36. The molecule has 1 atom stereocenters. The van der Waals surface area contributed by atoms with Gasteiger partial charge in [-0.15, -0.1) is 11.3 Å². The number of nitrogens with zero attached hydrogens (tertiary/aromatic N) is 2. The van der Waals surface area contributed by atoms with Gasteiger partial charge in [0, 0.05) is 19.5 Å². The average molecular weight is 277 g/mol. The van der Waals surface area contributed by atoms with Crippen LogP contribution in [0.3, 0.4) is 0 Å². The van der Waals surface area contributed by atoms with Crippen molar-refractivity contribution in [2.45, 2.75) is 13.5 Å². The summed E-state index contributed by atoms with van der Waals surface area (Å²) in [6.45, 7) is 3.21. The molecule has 0 saturated carbocycles. The molecule has 1 aromatic heterocycles. The Morgan fingerprint density at radius 2 is 2.21 bits per heavy atom. The number of nitrogens with one attached hydrogen (secondary N) is 1. The van der Waals surface area contributed by atoms with Crippen LogP contribution < -0.4 is 5.32 Å². The largest absolute Gasteiger partial charge is 0.339 e. The first-order valence-corrected chi connectivity index (χ1v) is 7.17. The van der Waals surface area contributed by atoms with Crippen molar-refractivity contribution in [1.82, 2.24) is 15.2 Å². The molecule has 102 valence electrons. The lowest BCUT2D eigenvalue weighted by Gasteiger charge is -2.20. The van der Waals surface area contributed by atoms with Crippen molar-refractivity contribution < 1.29 is 4.79 Å². The summed E-state index contributed by atoms with van der Waals surface area (Å²) in [5.41, 5.74) is 1.01. The van der Waals surface area contributed by atoms with Gasteiger partial charge in [-0.25, -0.2) is 4.98 Å². The lowest BCUT2D eigenvalue weighted by molar-refractivity contribution is -0.134. The molecule has 0 radical (unpaired) electrons. The number of aromatic nitrogens is 1. The molecule has 0 bridgehead atoms. The second-order valence-corrected chi connectivity index (χ2v) is 5.84. The fourth-order valence-corrected chi connectivity index (χ4v) is 3.06. The molecule has 1 N–H and O–H groups in total. The SMILES string of the molecule is CNCC(C)C(=O)N(C)Cc1nc2ccccc2s1. The molecule has 2 rings (SSSR count). The molecule has 1 heterocycles. The van der Waals surface area contributed by atoms with Gasteiger partial charge in [-0.05, 0) is 19.2 Å². The fraction of sp³-hybridized carbons (Fsp3) is 0.429. The normalized spacial score (nSPS) is 12.6. The molecular formula is C14H19N3OS. The third-order valence-corrected chi connectivity index (χ3v) is 4.04. The van der Waals surface area contributed by atoms with Crippen molar-refractivity contribution in [2.24, 2.45) is 5.92 Å². The van der Waals surface area contributed by atoms with Crippen LogP contribution in [0.5, 0.6) is 0 Å². The quantitative estimate of drug-likeness (QED) is 0.910. The van der Waals surface area contributed by atoms with Crippen molar-refractivity contribution in [3.05, 3.63) is 29.3 Å². The molecule has 0 fully saturated rings. The molecule has 0 aliphatic carbocycles. The summed E-state index contributed by atoms with van der Waals surface area (Å²) in [7, 11) is 3.69. The van der Waals surface area contributed by atoms with Gasteiger partial charge < -0.3 is 10.2 Å². The van der Waals surface area contributed by atoms with Gasteiger partial charge in [0.15, 0.2) is 0 Å². The molecule has 19 heavy (non-hydrogen) atoms. The van der Waals surface area contributed by atoms with Crippen molar-refractivity contribution in [1.29, 1.82) is 0 Å². The van der Waals surface area contributed by atoms with Crippen LogP contribution >= 0.6 is 11.3 Å². The highest BCUT2D eigenvalue weighted by molar-refractivity contribution is 7.18. The van der Waals surface area contributed by atoms with Crippen LogP contribution in [0.4, 0.5) is 0 Å². The van der Waals surface area contributed by atoms with Crippen LogP contribution in [-0.4, -0.2) is 36.4 Å². The van der Waals surface area contributed by atoms with E-state index in [0.717, 1.165) is 10.5 Å². The number of para-hydroxylation sites is 1. The number of amides is 1. The zero-order valence-electron chi connectivity index (χ0n) is 11.5. The van der Waals surface area contributed by atoms with E-state index in [9.17, 15) is 4.79 Å². The van der Waals surface area contributed by atoms with Gasteiger partial charge in [0.1, 0.15) is 5.01 Å². The highest BCUT2D eigenvalue weighted by atomic mass is 32.1. The highest BCUT2D eigenvalue weighted by Crippen LogP contribution is 2.22. The smallest absolute Gasteiger partial charge is 0.226 e. The summed E-state index contributed by atoms with van der Waals surface area (Å²) in [5, 5.41) is 4.01. The van der Waals surface area contributed by atoms with E-state index in [-0.39, 0.29) is 11.8 Å². The van der Waals surface area contributed by atoms with Crippen LogP contribution in [0.1, 0.15) is 11.9 Å². The Hall–Kier alpha value is -1.46. The maximum atomic E-state index is 12.1. The van der Waals surface area contributed by atoms with Crippen LogP contribution in [0.25, 0.3) is 10.2 Å². The van der Waals surface area contributed by atoms with Gasteiger partial charge >= 0.3 is 0 Å². The van der Waals surface area contributed by atoms with Crippen molar-refractivity contribution in [3.8, 4) is 0 Å². The van der Waals surface area contributed by atoms with E-state index in [0.29, 0.717) is 13.1 Å². The topological polar surface area (TPSA) is 45.2 Å². The second kappa shape index (κ2) is 6.12. The molecule has 4 nitrogen and oxygen atoms in total. The third-order valence-electron chi connectivity index (χ3n) is 3.02. The molecule has 0 saturated heterocycles. The van der Waals surface area contributed by atoms with E-state index >= 15 is 0 Å². The van der Waals surface area contributed by atoms with Crippen molar-refractivity contribution in [2.75, 3.05) is 20.6 Å². The third kappa shape index (κ3) is 3.30. The molecular weight excluding hydrogens is 258 g/mol. The van der Waals surface area contributed by atoms with E-state index in [1.807, 2.05) is 39.2 Å². The predicted octanol–water partition coefficient (Wildman–Crippen LogP) is 2.11. The number of benzene rings is 1. The lowest BCUT2D eigenvalue weighted by atomic mass is 10.1. The van der Waals surface area contributed by atoms with Gasteiger partial charge in [0.05, 0.1) is 16.8 Å². The molecule has 0 aliphatic rings. The summed E-state index contributed by atoms with van der Waals surface area (Å²) in [6.07, 6.45) is 0. The van der Waals surface area contributed by atoms with E-state index in [1.54, 1.807) is 16.2 Å². The molecule has 1 unspecified atom stereocenters. The highest BCUT2D eigenvalue weighted by Gasteiger charge is 2.18. The van der Waals surface area contributed by atoms with Gasteiger partial charge in [-0.2, -0.15) is 0 Å². The Morgan fingerprint density at radius 1 is 1.47 bits per heavy atom. The minimum atomic E-state index is -0.00983. The summed E-state index contributed by atoms with van der Waals surface area (Å²) >= 11 is 1.65. The van der Waals surface area contributed by atoms with Crippen LogP contribution in [0.2, 0.25) is 0 Å². The van der Waals surface area contributed by atoms with Gasteiger partial charge in [0.25, 0.3) is 0 Å². The first-order chi connectivity index (χ1) is 9.11. The summed E-state index contributed by atoms with van der Waals surface area (Å²) in [6, 6.07) is 8.05. The molecule has 0 aliphatic heterocycles. The minimum Gasteiger partial charge on any atom is -0.339 e. The average Bonchev–Trinajstić information content (AvgIpc) is 2.80. The molecule has 5 heteroatoms. The zero-order valence-corrected chi connectivity index (χ0v) is 12.3. The Morgan fingerprint density at radius 3 is 2.89 bits per heavy atom. The molecule has 1 amide bonds. The van der Waals surface area contributed by atoms with Gasteiger partial charge in [-0.3, -0.25) is 4.79 Å². The number of fused-ring (bicyclic) bond motifs is 1. The Kier molecular flexibility index (Phi) is 4.50. The monoisotopic (exact) mass is 277 g/mol. The number of hydrogen-bond donors (Lipinski definition) is 1. The first kappa shape index (κ1) is 14.0. The molecule has 0 spiro atoms. The number of thiazole rings is 1. The number of hydrogen-bond acceptors (Lipinski definition) is 4. The van der Waals surface area contributed by atoms with Crippen LogP contribution in [0.15, 0.2) is 24.3 Å². The van der Waals surface area contributed by atoms with E-state index in [1.165, 1.54) is 4.70 Å². The Bertz CT molecular complexity index is 534. The Labute approximate surface area is 117 Å². The molecule has 1 aromatic carbocycles. The maximum absolute atomic E-state index is 12.1. The van der Waals surface area contributed by atoms with Gasteiger partial charge in [-0.1, -0.05) is 19.1 Å². The van der Waals surface area contributed by atoms with Crippen LogP contribution in [-0.2, 0) is 11.3 Å². The van der Waals surface area contributed by atoms with E-state index in [2.05, 4.69) is 16.4 Å². The lowest BCUT2D eigenvalue weighted by Crippen LogP contribution is -2.35. The second-order valence-electron chi connectivity index (χ2n) is 4.73.